The van der Waals surface area contributed by atoms with Crippen molar-refractivity contribution in [2.75, 3.05) is 0 Å². The van der Waals surface area contributed by atoms with Gasteiger partial charge in [0, 0.05) is 18.2 Å². The minimum Gasteiger partial charge on any atom is -0.487 e. The van der Waals surface area contributed by atoms with E-state index in [4.69, 9.17) is 14.0 Å². The Balaban J connectivity index is 1.20. The Morgan fingerprint density at radius 1 is 0.969 bits per heavy atom. The molecule has 0 aliphatic rings. The Labute approximate surface area is 183 Å². The SMILES string of the molecule is O=C(CCc1nc(-c2ccc(F)cc2)no1)OCc1ccc(OCc2ccccn2)cc1. The second-order valence-electron chi connectivity index (χ2n) is 6.93. The number of benzene rings is 2. The maximum Gasteiger partial charge on any atom is 0.306 e. The zero-order chi connectivity index (χ0) is 22.2. The van der Waals surface area contributed by atoms with Crippen molar-refractivity contribution >= 4 is 5.97 Å². The highest BCUT2D eigenvalue weighted by Crippen LogP contribution is 2.17. The molecule has 0 saturated carbocycles. The summed E-state index contributed by atoms with van der Waals surface area (Å²) < 4.78 is 29.1. The summed E-state index contributed by atoms with van der Waals surface area (Å²) in [5.41, 5.74) is 2.33. The Hall–Kier alpha value is -4.07. The summed E-state index contributed by atoms with van der Waals surface area (Å²) in [6, 6.07) is 18.7. The number of aromatic nitrogens is 3. The maximum absolute atomic E-state index is 13.0. The molecule has 4 rings (SSSR count). The molecule has 0 fully saturated rings. The number of halogens is 1. The second kappa shape index (κ2) is 10.3. The lowest BCUT2D eigenvalue weighted by Gasteiger charge is -2.07. The van der Waals surface area contributed by atoms with E-state index in [1.807, 2.05) is 42.5 Å². The summed E-state index contributed by atoms with van der Waals surface area (Å²) in [4.78, 5) is 20.5. The van der Waals surface area contributed by atoms with Gasteiger partial charge in [0.15, 0.2) is 0 Å². The maximum atomic E-state index is 13.0. The summed E-state index contributed by atoms with van der Waals surface area (Å²) >= 11 is 0. The first kappa shape index (κ1) is 21.2. The van der Waals surface area contributed by atoms with E-state index in [0.29, 0.717) is 29.6 Å². The Morgan fingerprint density at radius 3 is 2.53 bits per heavy atom. The van der Waals surface area contributed by atoms with Crippen molar-refractivity contribution in [2.45, 2.75) is 26.1 Å². The highest BCUT2D eigenvalue weighted by Gasteiger charge is 2.12. The number of pyridine rings is 1. The average molecular weight is 433 g/mol. The molecule has 2 aromatic heterocycles. The van der Waals surface area contributed by atoms with Crippen LogP contribution in [0.5, 0.6) is 5.75 Å². The lowest BCUT2D eigenvalue weighted by atomic mass is 10.2. The van der Waals surface area contributed by atoms with E-state index >= 15 is 0 Å². The molecule has 162 valence electrons. The van der Waals surface area contributed by atoms with Crippen LogP contribution in [0.25, 0.3) is 11.4 Å². The molecular weight excluding hydrogens is 413 g/mol. The van der Waals surface area contributed by atoms with Crippen molar-refractivity contribution in [1.29, 1.82) is 0 Å². The average Bonchev–Trinajstić information content (AvgIpc) is 3.31. The third kappa shape index (κ3) is 5.98. The fraction of sp³-hybridized carbons (Fsp3) is 0.167. The molecule has 7 nitrogen and oxygen atoms in total. The molecule has 0 aliphatic heterocycles. The first-order valence-electron chi connectivity index (χ1n) is 10.0. The molecule has 0 N–H and O–H groups in total. The van der Waals surface area contributed by atoms with Crippen molar-refractivity contribution in [3.8, 4) is 17.1 Å². The van der Waals surface area contributed by atoms with Crippen molar-refractivity contribution in [3.05, 3.63) is 95.9 Å². The van der Waals surface area contributed by atoms with Crippen molar-refractivity contribution in [2.24, 2.45) is 0 Å². The van der Waals surface area contributed by atoms with Crippen LogP contribution in [0.1, 0.15) is 23.6 Å². The van der Waals surface area contributed by atoms with Gasteiger partial charge in [0.2, 0.25) is 11.7 Å². The van der Waals surface area contributed by atoms with Gasteiger partial charge < -0.3 is 14.0 Å². The van der Waals surface area contributed by atoms with E-state index in [2.05, 4.69) is 15.1 Å². The van der Waals surface area contributed by atoms with E-state index in [9.17, 15) is 9.18 Å². The molecule has 0 bridgehead atoms. The number of rotatable bonds is 9. The molecule has 0 radical (unpaired) electrons. The third-order valence-electron chi connectivity index (χ3n) is 4.55. The zero-order valence-corrected chi connectivity index (χ0v) is 17.1. The molecule has 4 aromatic rings. The molecule has 2 aromatic carbocycles. The van der Waals surface area contributed by atoms with Crippen LogP contribution in [-0.2, 0) is 29.2 Å². The summed E-state index contributed by atoms with van der Waals surface area (Å²) in [5, 5.41) is 3.85. The van der Waals surface area contributed by atoms with Crippen molar-refractivity contribution in [1.82, 2.24) is 15.1 Å². The predicted octanol–water partition coefficient (Wildman–Crippen LogP) is 4.53. The van der Waals surface area contributed by atoms with Crippen molar-refractivity contribution in [3.63, 3.8) is 0 Å². The van der Waals surface area contributed by atoms with Crippen LogP contribution in [0.3, 0.4) is 0 Å². The number of esters is 1. The van der Waals surface area contributed by atoms with Gasteiger partial charge in [-0.2, -0.15) is 4.98 Å². The monoisotopic (exact) mass is 433 g/mol. The zero-order valence-electron chi connectivity index (χ0n) is 17.1. The van der Waals surface area contributed by atoms with E-state index < -0.39 is 0 Å². The number of hydrogen-bond donors (Lipinski definition) is 0. The van der Waals surface area contributed by atoms with Gasteiger partial charge in [0.05, 0.1) is 12.1 Å². The fourth-order valence-corrected chi connectivity index (χ4v) is 2.84. The summed E-state index contributed by atoms with van der Waals surface area (Å²) in [7, 11) is 0. The number of hydrogen-bond acceptors (Lipinski definition) is 7. The summed E-state index contributed by atoms with van der Waals surface area (Å²) in [5.74, 6) is 0.655. The minimum atomic E-state index is -0.373. The van der Waals surface area contributed by atoms with Crippen molar-refractivity contribution < 1.29 is 23.2 Å². The normalized spacial score (nSPS) is 10.7. The number of nitrogens with zero attached hydrogens (tertiary/aromatic N) is 3. The van der Waals surface area contributed by atoms with E-state index in [1.165, 1.54) is 12.1 Å². The molecule has 32 heavy (non-hydrogen) atoms. The first-order chi connectivity index (χ1) is 15.7. The second-order valence-corrected chi connectivity index (χ2v) is 6.93. The lowest BCUT2D eigenvalue weighted by Crippen LogP contribution is -2.06. The molecule has 0 amide bonds. The highest BCUT2D eigenvalue weighted by atomic mass is 19.1. The lowest BCUT2D eigenvalue weighted by molar-refractivity contribution is -0.145. The summed E-state index contributed by atoms with van der Waals surface area (Å²) in [6.07, 6.45) is 2.09. The number of aryl methyl sites for hydroxylation is 1. The molecule has 0 atom stereocenters. The van der Waals surface area contributed by atoms with E-state index in [-0.39, 0.29) is 31.2 Å². The number of carbonyl (C=O) groups is 1. The van der Waals surface area contributed by atoms with E-state index in [0.717, 1.165) is 11.3 Å². The van der Waals surface area contributed by atoms with Gasteiger partial charge in [-0.1, -0.05) is 23.4 Å². The fourth-order valence-electron chi connectivity index (χ4n) is 2.84. The standard InChI is InChI=1S/C24H20FN3O4/c25-19-8-6-18(7-9-19)24-27-22(32-28-24)12-13-23(29)31-15-17-4-10-21(11-5-17)30-16-20-3-1-2-14-26-20/h1-11,14H,12-13,15-16H2. The van der Waals surface area contributed by atoms with Gasteiger partial charge in [0.1, 0.15) is 24.8 Å². The van der Waals surface area contributed by atoms with Gasteiger partial charge in [-0.3, -0.25) is 9.78 Å². The van der Waals surface area contributed by atoms with Gasteiger partial charge in [-0.15, -0.1) is 0 Å². The number of carbonyl (C=O) groups excluding carboxylic acids is 1. The molecule has 0 saturated heterocycles. The predicted molar refractivity (Wildman–Crippen MR) is 113 cm³/mol. The van der Waals surface area contributed by atoms with Crippen LogP contribution in [0, 0.1) is 5.82 Å². The molecule has 0 aliphatic carbocycles. The Kier molecular flexibility index (Phi) is 6.81. The van der Waals surface area contributed by atoms with Gasteiger partial charge in [-0.05, 0) is 54.1 Å². The van der Waals surface area contributed by atoms with Gasteiger partial charge >= 0.3 is 5.97 Å². The topological polar surface area (TPSA) is 87.3 Å². The smallest absolute Gasteiger partial charge is 0.306 e. The van der Waals surface area contributed by atoms with Crippen LogP contribution in [-0.4, -0.2) is 21.1 Å². The van der Waals surface area contributed by atoms with Crippen LogP contribution in [0.15, 0.2) is 77.4 Å². The molecule has 0 unspecified atom stereocenters. The molecular formula is C24H20FN3O4. The molecule has 2 heterocycles. The van der Waals surface area contributed by atoms with Crippen LogP contribution < -0.4 is 4.74 Å². The molecule has 0 spiro atoms. The first-order valence-corrected chi connectivity index (χ1v) is 10.0. The summed E-state index contributed by atoms with van der Waals surface area (Å²) in [6.45, 7) is 0.539. The highest BCUT2D eigenvalue weighted by molar-refractivity contribution is 5.69. The Bertz CT molecular complexity index is 1150. The minimum absolute atomic E-state index is 0.107. The van der Waals surface area contributed by atoms with Crippen LogP contribution in [0.4, 0.5) is 4.39 Å². The largest absolute Gasteiger partial charge is 0.487 e. The Morgan fingerprint density at radius 2 is 1.78 bits per heavy atom. The number of ether oxygens (including phenoxy) is 2. The van der Waals surface area contributed by atoms with E-state index in [1.54, 1.807) is 18.3 Å². The van der Waals surface area contributed by atoms with Crippen LogP contribution in [0.2, 0.25) is 0 Å². The van der Waals surface area contributed by atoms with Gasteiger partial charge in [-0.25, -0.2) is 4.39 Å². The quantitative estimate of drug-likeness (QED) is 0.359. The van der Waals surface area contributed by atoms with Gasteiger partial charge in [0.25, 0.3) is 0 Å². The third-order valence-corrected chi connectivity index (χ3v) is 4.55. The molecule has 8 heteroatoms. The van der Waals surface area contributed by atoms with Crippen LogP contribution >= 0.6 is 0 Å².